The molecule has 0 aliphatic carbocycles. The fraction of sp³-hybridized carbons (Fsp3) is 0.308. The van der Waals surface area contributed by atoms with Crippen molar-refractivity contribution in [2.45, 2.75) is 18.6 Å². The van der Waals surface area contributed by atoms with Crippen LogP contribution in [0, 0.1) is 0 Å². The van der Waals surface area contributed by atoms with Crippen LogP contribution >= 0.6 is 0 Å². The van der Waals surface area contributed by atoms with Crippen molar-refractivity contribution in [1.82, 2.24) is 0 Å². The highest BCUT2D eigenvalue weighted by Crippen LogP contribution is 2.25. The number of esters is 1. The standard InChI is InChI=1S/C13H14O6/c1-19-11(17)5-10(16)13(18)12-8(6-14)3-2-4-9(12)7-15/h2-4,6-7,10,13,16,18H,5H2,1H3. The van der Waals surface area contributed by atoms with E-state index in [0.29, 0.717) is 12.6 Å². The molecule has 0 spiro atoms. The lowest BCUT2D eigenvalue weighted by molar-refractivity contribution is -0.144. The zero-order valence-corrected chi connectivity index (χ0v) is 10.3. The minimum atomic E-state index is -1.53. The van der Waals surface area contributed by atoms with Crippen molar-refractivity contribution in [2.75, 3.05) is 7.11 Å². The largest absolute Gasteiger partial charge is 0.469 e. The van der Waals surface area contributed by atoms with Gasteiger partial charge in [-0.1, -0.05) is 18.2 Å². The highest BCUT2D eigenvalue weighted by atomic mass is 16.5. The van der Waals surface area contributed by atoms with Gasteiger partial charge in [0.15, 0.2) is 0 Å². The molecule has 0 aliphatic heterocycles. The number of rotatable bonds is 6. The van der Waals surface area contributed by atoms with Gasteiger partial charge in [0.25, 0.3) is 0 Å². The fourth-order valence-corrected chi connectivity index (χ4v) is 1.71. The third-order valence-electron chi connectivity index (χ3n) is 2.69. The summed E-state index contributed by atoms with van der Waals surface area (Å²) in [6.45, 7) is 0. The summed E-state index contributed by atoms with van der Waals surface area (Å²) in [5.41, 5.74) is 0.172. The summed E-state index contributed by atoms with van der Waals surface area (Å²) in [4.78, 5) is 32.8. The Balaban J connectivity index is 3.10. The molecule has 0 amide bonds. The number of methoxy groups -OCH3 is 1. The molecule has 0 saturated heterocycles. The second-order valence-corrected chi connectivity index (χ2v) is 3.88. The molecule has 0 bridgehead atoms. The number of carbonyl (C=O) groups excluding carboxylic acids is 3. The Morgan fingerprint density at radius 3 is 2.21 bits per heavy atom. The van der Waals surface area contributed by atoms with Crippen LogP contribution in [-0.2, 0) is 9.53 Å². The minimum absolute atomic E-state index is 0.00361. The third kappa shape index (κ3) is 3.46. The number of hydrogen-bond donors (Lipinski definition) is 2. The first-order chi connectivity index (χ1) is 9.04. The van der Waals surface area contributed by atoms with Crippen molar-refractivity contribution in [3.05, 3.63) is 34.9 Å². The van der Waals surface area contributed by atoms with E-state index in [0.717, 1.165) is 7.11 Å². The van der Waals surface area contributed by atoms with Gasteiger partial charge in [0.1, 0.15) is 18.7 Å². The number of ether oxygens (including phenoxy) is 1. The van der Waals surface area contributed by atoms with E-state index >= 15 is 0 Å². The van der Waals surface area contributed by atoms with Crippen LogP contribution in [0.2, 0.25) is 0 Å². The van der Waals surface area contributed by atoms with Gasteiger partial charge >= 0.3 is 5.97 Å². The van der Waals surface area contributed by atoms with Gasteiger partial charge in [-0.25, -0.2) is 0 Å². The summed E-state index contributed by atoms with van der Waals surface area (Å²) in [7, 11) is 1.15. The van der Waals surface area contributed by atoms with E-state index in [4.69, 9.17) is 0 Å². The van der Waals surface area contributed by atoms with Gasteiger partial charge in [0.2, 0.25) is 0 Å². The molecule has 0 heterocycles. The lowest BCUT2D eigenvalue weighted by atomic mass is 9.93. The van der Waals surface area contributed by atoms with Crippen molar-refractivity contribution in [2.24, 2.45) is 0 Å². The first kappa shape index (κ1) is 15.0. The highest BCUT2D eigenvalue weighted by Gasteiger charge is 2.26. The predicted octanol–water partition coefficient (Wildman–Crippen LogP) is 0.269. The number of aliphatic hydroxyl groups excluding tert-OH is 2. The summed E-state index contributed by atoms with van der Waals surface area (Å²) in [6, 6.07) is 4.29. The molecule has 19 heavy (non-hydrogen) atoms. The molecule has 2 unspecified atom stereocenters. The summed E-state index contributed by atoms with van der Waals surface area (Å²) in [5.74, 6) is -0.706. The van der Waals surface area contributed by atoms with Gasteiger partial charge in [-0.3, -0.25) is 14.4 Å². The van der Waals surface area contributed by atoms with E-state index in [9.17, 15) is 24.6 Å². The summed E-state index contributed by atoms with van der Waals surface area (Å²) in [6.07, 6.45) is -2.50. The maximum absolute atomic E-state index is 11.0. The first-order valence-electron chi connectivity index (χ1n) is 5.51. The monoisotopic (exact) mass is 266 g/mol. The summed E-state index contributed by atoms with van der Waals surface area (Å²) < 4.78 is 4.37. The van der Waals surface area contributed by atoms with Crippen LogP contribution in [0.25, 0.3) is 0 Å². The molecule has 6 nitrogen and oxygen atoms in total. The number of benzene rings is 1. The molecule has 6 heteroatoms. The molecular formula is C13H14O6. The van der Waals surface area contributed by atoms with E-state index in [-0.39, 0.29) is 16.7 Å². The van der Waals surface area contributed by atoms with Crippen molar-refractivity contribution in [3.8, 4) is 0 Å². The topological polar surface area (TPSA) is 101 Å². The Morgan fingerprint density at radius 2 is 1.79 bits per heavy atom. The Hall–Kier alpha value is -2.05. The Morgan fingerprint density at radius 1 is 1.26 bits per heavy atom. The van der Waals surface area contributed by atoms with Crippen LogP contribution in [0.15, 0.2) is 18.2 Å². The third-order valence-corrected chi connectivity index (χ3v) is 2.69. The number of carbonyl (C=O) groups is 3. The van der Waals surface area contributed by atoms with Crippen molar-refractivity contribution in [1.29, 1.82) is 0 Å². The highest BCUT2D eigenvalue weighted by molar-refractivity contribution is 5.86. The van der Waals surface area contributed by atoms with Crippen LogP contribution in [-0.4, -0.2) is 42.0 Å². The van der Waals surface area contributed by atoms with Crippen LogP contribution in [0.3, 0.4) is 0 Å². The van der Waals surface area contributed by atoms with Gasteiger partial charge < -0.3 is 14.9 Å². The van der Waals surface area contributed by atoms with Gasteiger partial charge in [0, 0.05) is 16.7 Å². The quantitative estimate of drug-likeness (QED) is 0.566. The molecule has 2 N–H and O–H groups in total. The maximum Gasteiger partial charge on any atom is 0.308 e. The molecule has 102 valence electrons. The molecule has 0 aromatic heterocycles. The van der Waals surface area contributed by atoms with Gasteiger partial charge in [-0.15, -0.1) is 0 Å². The van der Waals surface area contributed by atoms with Gasteiger partial charge in [0.05, 0.1) is 19.6 Å². The Labute approximate surface area is 109 Å². The lowest BCUT2D eigenvalue weighted by Gasteiger charge is -2.20. The maximum atomic E-state index is 11.0. The lowest BCUT2D eigenvalue weighted by Crippen LogP contribution is -2.24. The second-order valence-electron chi connectivity index (χ2n) is 3.88. The molecular weight excluding hydrogens is 252 g/mol. The number of aldehydes is 2. The van der Waals surface area contributed by atoms with Crippen molar-refractivity contribution in [3.63, 3.8) is 0 Å². The summed E-state index contributed by atoms with van der Waals surface area (Å²) in [5, 5.41) is 19.7. The molecule has 1 rings (SSSR count). The molecule has 0 saturated carbocycles. The zero-order valence-electron chi connectivity index (χ0n) is 10.3. The molecule has 0 aliphatic rings. The molecule has 1 aromatic carbocycles. The van der Waals surface area contributed by atoms with Crippen molar-refractivity contribution < 1.29 is 29.3 Å². The average molecular weight is 266 g/mol. The van der Waals surface area contributed by atoms with Gasteiger partial charge in [-0.2, -0.15) is 0 Å². The zero-order chi connectivity index (χ0) is 14.4. The van der Waals surface area contributed by atoms with E-state index in [2.05, 4.69) is 4.74 Å². The van der Waals surface area contributed by atoms with Crippen LogP contribution in [0.4, 0.5) is 0 Å². The van der Waals surface area contributed by atoms with Crippen LogP contribution in [0.1, 0.15) is 38.8 Å². The Bertz CT molecular complexity index is 456. The fourth-order valence-electron chi connectivity index (χ4n) is 1.71. The second kappa shape index (κ2) is 6.77. The van der Waals surface area contributed by atoms with E-state index in [1.807, 2.05) is 0 Å². The predicted molar refractivity (Wildman–Crippen MR) is 64.8 cm³/mol. The van der Waals surface area contributed by atoms with Crippen molar-refractivity contribution >= 4 is 18.5 Å². The van der Waals surface area contributed by atoms with Crippen LogP contribution < -0.4 is 0 Å². The summed E-state index contributed by atoms with van der Waals surface area (Å²) >= 11 is 0. The van der Waals surface area contributed by atoms with E-state index in [1.165, 1.54) is 18.2 Å². The van der Waals surface area contributed by atoms with E-state index in [1.54, 1.807) is 0 Å². The minimum Gasteiger partial charge on any atom is -0.469 e. The number of hydrogen-bond acceptors (Lipinski definition) is 6. The molecule has 0 radical (unpaired) electrons. The SMILES string of the molecule is COC(=O)CC(O)C(O)c1c(C=O)cccc1C=O. The average Bonchev–Trinajstić information content (AvgIpc) is 2.44. The number of aliphatic hydroxyl groups is 2. The molecule has 0 fully saturated rings. The van der Waals surface area contributed by atoms with Gasteiger partial charge in [-0.05, 0) is 0 Å². The smallest absolute Gasteiger partial charge is 0.308 e. The molecule has 2 atom stereocenters. The first-order valence-corrected chi connectivity index (χ1v) is 5.51. The normalized spacial score (nSPS) is 13.4. The van der Waals surface area contributed by atoms with Crippen LogP contribution in [0.5, 0.6) is 0 Å². The molecule has 1 aromatic rings. The van der Waals surface area contributed by atoms with E-state index < -0.39 is 24.6 Å². The Kier molecular flexibility index (Phi) is 5.35.